The number of hydrogen-bond acceptors (Lipinski definition) is 7. The second-order valence-electron chi connectivity index (χ2n) is 7.09. The van der Waals surface area contributed by atoms with Gasteiger partial charge in [0.1, 0.15) is 5.52 Å². The first-order chi connectivity index (χ1) is 15.4. The highest BCUT2D eigenvalue weighted by Gasteiger charge is 2.16. The topological polar surface area (TPSA) is 121 Å². The van der Waals surface area contributed by atoms with Crippen LogP contribution in [0.15, 0.2) is 56.5 Å². The second kappa shape index (κ2) is 8.50. The minimum Gasteiger partial charge on any atom is -0.476 e. The van der Waals surface area contributed by atoms with Crippen molar-refractivity contribution in [1.82, 2.24) is 19.3 Å². The van der Waals surface area contributed by atoms with E-state index in [9.17, 15) is 14.4 Å². The van der Waals surface area contributed by atoms with Gasteiger partial charge in [-0.3, -0.25) is 9.59 Å². The molecule has 10 heteroatoms. The number of hydrogen-bond donors (Lipinski definition) is 1. The summed E-state index contributed by atoms with van der Waals surface area (Å²) >= 11 is 0. The van der Waals surface area contributed by atoms with E-state index in [1.165, 1.54) is 14.0 Å². The molecule has 0 aliphatic heterocycles. The Balaban J connectivity index is 1.80. The second-order valence-corrected chi connectivity index (χ2v) is 7.09. The number of ether oxygens (including phenoxy) is 1. The van der Waals surface area contributed by atoms with E-state index < -0.39 is 11.2 Å². The Morgan fingerprint density at radius 1 is 1.19 bits per heavy atom. The van der Waals surface area contributed by atoms with Gasteiger partial charge in [0.2, 0.25) is 5.91 Å². The lowest BCUT2D eigenvalue weighted by Crippen LogP contribution is -2.41. The summed E-state index contributed by atoms with van der Waals surface area (Å²) in [6.07, 6.45) is 0.660. The summed E-state index contributed by atoms with van der Waals surface area (Å²) in [5.41, 5.74) is 1.52. The number of fused-ring (bicyclic) bond motifs is 1. The van der Waals surface area contributed by atoms with Crippen molar-refractivity contribution in [3.8, 4) is 11.6 Å². The van der Waals surface area contributed by atoms with E-state index in [1.54, 1.807) is 42.5 Å². The van der Waals surface area contributed by atoms with Gasteiger partial charge in [0, 0.05) is 19.0 Å². The van der Waals surface area contributed by atoms with Gasteiger partial charge in [0.25, 0.3) is 5.88 Å². The maximum atomic E-state index is 13.2. The largest absolute Gasteiger partial charge is 0.476 e. The van der Waals surface area contributed by atoms with Gasteiger partial charge in [-0.1, -0.05) is 19.1 Å². The quantitative estimate of drug-likeness (QED) is 0.492. The number of nitrogens with zero attached hydrogens (tertiary/aromatic N) is 4. The van der Waals surface area contributed by atoms with Gasteiger partial charge in [-0.05, 0) is 35.9 Å². The minimum absolute atomic E-state index is 0.0139. The number of methoxy groups -OCH3 is 1. The average Bonchev–Trinajstić information content (AvgIpc) is 3.19. The molecule has 1 amide bonds. The van der Waals surface area contributed by atoms with Crippen molar-refractivity contribution in [1.29, 1.82) is 0 Å². The van der Waals surface area contributed by atoms with Crippen LogP contribution < -0.4 is 21.3 Å². The monoisotopic (exact) mass is 435 g/mol. The molecule has 10 nitrogen and oxygen atoms in total. The van der Waals surface area contributed by atoms with E-state index in [2.05, 4.69) is 15.4 Å². The van der Waals surface area contributed by atoms with Gasteiger partial charge in [0.05, 0.1) is 19.3 Å². The van der Waals surface area contributed by atoms with Crippen molar-refractivity contribution in [3.05, 3.63) is 74.8 Å². The van der Waals surface area contributed by atoms with Crippen molar-refractivity contribution < 1.29 is 13.9 Å². The average molecular weight is 435 g/mol. The summed E-state index contributed by atoms with van der Waals surface area (Å²) in [6.45, 7) is 3.31. The van der Waals surface area contributed by atoms with Crippen LogP contribution in [0.1, 0.15) is 25.3 Å². The number of oxazole rings is 1. The van der Waals surface area contributed by atoms with Crippen molar-refractivity contribution >= 4 is 22.7 Å². The molecule has 4 rings (SSSR count). The van der Waals surface area contributed by atoms with Crippen molar-refractivity contribution in [2.45, 2.75) is 26.8 Å². The van der Waals surface area contributed by atoms with Crippen LogP contribution in [-0.4, -0.2) is 32.3 Å². The maximum Gasteiger partial charge on any atom is 0.352 e. The van der Waals surface area contributed by atoms with Crippen molar-refractivity contribution in [2.24, 2.45) is 0 Å². The van der Waals surface area contributed by atoms with Crippen LogP contribution in [0.4, 0.5) is 5.69 Å². The molecule has 0 saturated carbocycles. The summed E-state index contributed by atoms with van der Waals surface area (Å²) in [6, 6.07) is 11.9. The standard InChI is InChI=1S/C22H21N5O5/c1-4-19-24-17-9-8-14(10-18(17)32-19)12-26-21(29)20(31-3)25-27(22(26)30)16-7-5-6-15(11-16)23-13(2)28/h5-11H,4,12H2,1-3H3,(H,23,28). The zero-order valence-electron chi connectivity index (χ0n) is 17.8. The van der Waals surface area contributed by atoms with Crippen LogP contribution in [0.5, 0.6) is 5.88 Å². The summed E-state index contributed by atoms with van der Waals surface area (Å²) < 4.78 is 12.9. The Kier molecular flexibility index (Phi) is 5.59. The van der Waals surface area contributed by atoms with E-state index in [0.29, 0.717) is 40.3 Å². The fourth-order valence-electron chi connectivity index (χ4n) is 3.30. The number of rotatable bonds is 6. The van der Waals surface area contributed by atoms with Gasteiger partial charge in [0.15, 0.2) is 11.5 Å². The highest BCUT2D eigenvalue weighted by atomic mass is 16.5. The molecular weight excluding hydrogens is 414 g/mol. The van der Waals surface area contributed by atoms with E-state index in [-0.39, 0.29) is 18.3 Å². The van der Waals surface area contributed by atoms with Gasteiger partial charge < -0.3 is 14.5 Å². The lowest BCUT2D eigenvalue weighted by atomic mass is 10.2. The van der Waals surface area contributed by atoms with E-state index in [4.69, 9.17) is 9.15 Å². The fraction of sp³-hybridized carbons (Fsp3) is 0.227. The first-order valence-electron chi connectivity index (χ1n) is 9.94. The van der Waals surface area contributed by atoms with Crippen LogP contribution in [0.3, 0.4) is 0 Å². The molecule has 0 fully saturated rings. The highest BCUT2D eigenvalue weighted by molar-refractivity contribution is 5.88. The predicted octanol–water partition coefficient (Wildman–Crippen LogP) is 2.11. The molecule has 0 spiro atoms. The molecule has 0 atom stereocenters. The Morgan fingerprint density at radius 2 is 2.00 bits per heavy atom. The number of carbonyl (C=O) groups is 1. The Hall–Kier alpha value is -4.21. The van der Waals surface area contributed by atoms with Gasteiger partial charge in [-0.2, -0.15) is 4.68 Å². The number of amides is 1. The molecule has 0 aliphatic carbocycles. The summed E-state index contributed by atoms with van der Waals surface area (Å²) in [5.74, 6) is 0.129. The van der Waals surface area contributed by atoms with E-state index >= 15 is 0 Å². The third kappa shape index (κ3) is 4.02. The van der Waals surface area contributed by atoms with E-state index in [1.807, 2.05) is 6.92 Å². The van der Waals surface area contributed by atoms with Crippen LogP contribution in [0.25, 0.3) is 16.8 Å². The summed E-state index contributed by atoms with van der Waals surface area (Å²) in [4.78, 5) is 41.7. The molecular formula is C22H21N5O5. The zero-order valence-corrected chi connectivity index (χ0v) is 17.8. The van der Waals surface area contributed by atoms with Gasteiger partial charge in [-0.15, -0.1) is 5.10 Å². The molecule has 0 radical (unpaired) electrons. The van der Waals surface area contributed by atoms with Crippen LogP contribution in [0, 0.1) is 0 Å². The summed E-state index contributed by atoms with van der Waals surface area (Å²) in [5, 5.41) is 6.71. The summed E-state index contributed by atoms with van der Waals surface area (Å²) in [7, 11) is 1.31. The van der Waals surface area contributed by atoms with Gasteiger partial charge >= 0.3 is 11.2 Å². The smallest absolute Gasteiger partial charge is 0.352 e. The Morgan fingerprint density at radius 3 is 2.72 bits per heavy atom. The number of anilines is 1. The molecule has 2 aromatic heterocycles. The lowest BCUT2D eigenvalue weighted by Gasteiger charge is -2.12. The molecule has 2 aromatic carbocycles. The normalized spacial score (nSPS) is 11.0. The van der Waals surface area contributed by atoms with Crippen LogP contribution >= 0.6 is 0 Å². The third-order valence-electron chi connectivity index (χ3n) is 4.78. The molecule has 0 aliphatic rings. The van der Waals surface area contributed by atoms with Crippen LogP contribution in [0.2, 0.25) is 0 Å². The Bertz CT molecular complexity index is 1430. The van der Waals surface area contributed by atoms with Crippen molar-refractivity contribution in [2.75, 3.05) is 12.4 Å². The maximum absolute atomic E-state index is 13.2. The molecule has 32 heavy (non-hydrogen) atoms. The first-order valence-corrected chi connectivity index (χ1v) is 9.94. The van der Waals surface area contributed by atoms with Crippen LogP contribution in [-0.2, 0) is 17.8 Å². The highest BCUT2D eigenvalue weighted by Crippen LogP contribution is 2.18. The first kappa shape index (κ1) is 21.0. The number of aromatic nitrogens is 4. The SMILES string of the molecule is CCc1nc2ccc(Cn3c(=O)c(OC)nn(-c4cccc(NC(C)=O)c4)c3=O)cc2o1. The number of carbonyl (C=O) groups excluding carboxylic acids is 1. The molecule has 0 saturated heterocycles. The molecule has 0 unspecified atom stereocenters. The molecule has 1 N–H and O–H groups in total. The number of nitrogens with one attached hydrogen (secondary N) is 1. The molecule has 4 aromatic rings. The van der Waals surface area contributed by atoms with Crippen molar-refractivity contribution in [3.63, 3.8) is 0 Å². The molecule has 0 bridgehead atoms. The number of aryl methyl sites for hydroxylation is 1. The third-order valence-corrected chi connectivity index (χ3v) is 4.78. The number of benzene rings is 2. The lowest BCUT2D eigenvalue weighted by molar-refractivity contribution is -0.114. The Labute approximate surface area is 182 Å². The molecule has 164 valence electrons. The van der Waals surface area contributed by atoms with E-state index in [0.717, 1.165) is 9.25 Å². The van der Waals surface area contributed by atoms with Gasteiger partial charge in [-0.25, -0.2) is 14.3 Å². The predicted molar refractivity (Wildman–Crippen MR) is 117 cm³/mol. The zero-order chi connectivity index (χ0) is 22.8. The fourth-order valence-corrected chi connectivity index (χ4v) is 3.30. The minimum atomic E-state index is -0.654. The molecule has 2 heterocycles.